The lowest BCUT2D eigenvalue weighted by Crippen LogP contribution is -2.61. The van der Waals surface area contributed by atoms with E-state index in [2.05, 4.69) is 42.5 Å². The summed E-state index contributed by atoms with van der Waals surface area (Å²) in [4.78, 5) is 182. The van der Waals surface area contributed by atoms with Crippen molar-refractivity contribution in [3.05, 3.63) is 65.7 Å². The number of aliphatic hydroxyl groups is 1. The Kier molecular flexibility index (Phi) is 28.5. The molecule has 0 aromatic heterocycles. The lowest BCUT2D eigenvalue weighted by Gasteiger charge is -2.32. The summed E-state index contributed by atoms with van der Waals surface area (Å²) in [6.07, 6.45) is -2.49. The molecule has 12 atom stereocenters. The predicted octanol–water partition coefficient (Wildman–Crippen LogP) is -2.65. The zero-order valence-corrected chi connectivity index (χ0v) is 51.8. The monoisotopic (exact) mass is 1300 g/mol. The summed E-state index contributed by atoms with van der Waals surface area (Å²) in [6.45, 7) is 4.40. The molecule has 2 aromatic rings. The Morgan fingerprint density at radius 2 is 1.30 bits per heavy atom. The Balaban J connectivity index is 1.54. The van der Waals surface area contributed by atoms with Gasteiger partial charge < -0.3 is 89.3 Å². The minimum atomic E-state index is -1.97. The van der Waals surface area contributed by atoms with E-state index in [1.54, 1.807) is 30.3 Å². The standard InChI is InChI=1S/C58H82N12O18S2/c1-30(2)46(58(87)88)67-53(82)41-29-90-89-28-40(65-51(80)38(27-45(75)76)63-55(84)43-15-10-24-70(43)57(86)47(31(3)71)68-48(77)35(60)20-21-44(73)74)52(81)64-39(26-32-11-5-4-6-12-32)56(85)69-23-9-14-42(69)54(83)61-36(13-7-8-22-59)49(78)62-37(50(79)66-41)25-33-16-18-34(72)19-17-33/h4-6,11-12,16-19,30-31,35-43,46-47,71-72H,7-10,13-15,20-29,59-60H2,1-3H3,(H,61,83)(H,62,78)(H,63,84)(H,64,81)(H,65,80)(H,66,79)(H,67,82)(H,68,77)(H,73,74)(H,75,76)(H,87,88)/t31-,35+,36+,37+,38+,39+,40+,41+,42+,43+,46+,47+/m1/s1. The number of aliphatic hydroxyl groups excluding tert-OH is 1. The zero-order chi connectivity index (χ0) is 66.4. The quantitative estimate of drug-likeness (QED) is 0.0357. The normalized spacial score (nSPS) is 23.0. The number of carbonyl (C=O) groups excluding carboxylic acids is 10. The smallest absolute Gasteiger partial charge is 0.326 e. The van der Waals surface area contributed by atoms with Gasteiger partial charge in [-0.3, -0.25) is 57.5 Å². The number of nitrogens with two attached hydrogens (primary N) is 2. The molecule has 17 N–H and O–H groups in total. The van der Waals surface area contributed by atoms with Crippen LogP contribution >= 0.6 is 21.6 Å². The van der Waals surface area contributed by atoms with Crippen molar-refractivity contribution in [3.8, 4) is 5.75 Å². The van der Waals surface area contributed by atoms with Crippen LogP contribution in [0, 0.1) is 5.92 Å². The molecule has 3 heterocycles. The van der Waals surface area contributed by atoms with Crippen LogP contribution in [0.25, 0.3) is 0 Å². The number of hydrogen-bond donors (Lipinski definition) is 15. The molecule has 0 radical (unpaired) electrons. The van der Waals surface area contributed by atoms with Crippen LogP contribution in [0.3, 0.4) is 0 Å². The van der Waals surface area contributed by atoms with E-state index in [-0.39, 0.29) is 76.1 Å². The minimum absolute atomic E-state index is 0.0182. The number of hydrogen-bond acceptors (Lipinski definition) is 19. The fraction of sp³-hybridized carbons (Fsp3) is 0.569. The first-order valence-corrected chi connectivity index (χ1v) is 32.1. The van der Waals surface area contributed by atoms with Crippen LogP contribution in [-0.2, 0) is 75.2 Å². The van der Waals surface area contributed by atoms with E-state index in [0.717, 1.165) is 26.5 Å². The summed E-state index contributed by atoms with van der Waals surface area (Å²) in [5, 5.41) is 70.3. The Bertz CT molecular complexity index is 2890. The fourth-order valence-electron chi connectivity index (χ4n) is 10.3. The fourth-order valence-corrected chi connectivity index (χ4v) is 12.6. The van der Waals surface area contributed by atoms with Crippen molar-refractivity contribution in [1.29, 1.82) is 0 Å². The van der Waals surface area contributed by atoms with Crippen molar-refractivity contribution in [2.24, 2.45) is 17.4 Å². The van der Waals surface area contributed by atoms with Gasteiger partial charge in [0.15, 0.2) is 0 Å². The molecule has 5 rings (SSSR count). The topological polar surface area (TPSA) is 478 Å². The number of rotatable bonds is 25. The third-order valence-electron chi connectivity index (χ3n) is 15.3. The van der Waals surface area contributed by atoms with Gasteiger partial charge in [0, 0.05) is 43.9 Å². The Morgan fingerprint density at radius 1 is 0.678 bits per heavy atom. The molecule has 0 aliphatic carbocycles. The van der Waals surface area contributed by atoms with Crippen LogP contribution in [0.2, 0.25) is 0 Å². The number of aromatic hydroxyl groups is 1. The van der Waals surface area contributed by atoms with Gasteiger partial charge in [0.05, 0.1) is 18.6 Å². The molecule has 30 nitrogen and oxygen atoms in total. The van der Waals surface area contributed by atoms with Gasteiger partial charge in [-0.1, -0.05) is 77.9 Å². The van der Waals surface area contributed by atoms with E-state index in [1.807, 2.05) is 0 Å². The molecule has 0 bridgehead atoms. The maximum Gasteiger partial charge on any atom is 0.326 e. The lowest BCUT2D eigenvalue weighted by atomic mass is 10.0. The summed E-state index contributed by atoms with van der Waals surface area (Å²) in [5.41, 5.74) is 12.6. The van der Waals surface area contributed by atoms with Crippen LogP contribution in [0.1, 0.15) is 96.1 Å². The SMILES string of the molecule is CC(C)[C@H](NC(=O)[C@@H]1CSSC[C@H](NC(=O)[C@H](CC(=O)O)NC(=O)[C@@H]2CCCN2C(=O)[C@@H](NC(=O)[C@@H](N)CCC(=O)O)[C@@H](C)O)C(=O)N[C@@H](Cc2ccccc2)C(=O)N2CCC[C@H]2C(=O)N[C@@H](CCCCN)C(=O)N[C@@H](Cc2ccc(O)cc2)C(=O)N1)C(=O)O. The van der Waals surface area contributed by atoms with E-state index in [9.17, 15) is 82.8 Å². The molecular formula is C58H82N12O18S2. The lowest BCUT2D eigenvalue weighted by molar-refractivity contribution is -0.145. The first-order valence-electron chi connectivity index (χ1n) is 29.6. The zero-order valence-electron chi connectivity index (χ0n) is 50.1. The van der Waals surface area contributed by atoms with E-state index in [4.69, 9.17) is 16.6 Å². The van der Waals surface area contributed by atoms with Crippen LogP contribution < -0.4 is 54.0 Å². The minimum Gasteiger partial charge on any atom is -0.508 e. The number of likely N-dealkylation sites (tertiary alicyclic amines) is 1. The van der Waals surface area contributed by atoms with Crippen LogP contribution in [0.15, 0.2) is 54.6 Å². The predicted molar refractivity (Wildman–Crippen MR) is 326 cm³/mol. The van der Waals surface area contributed by atoms with Gasteiger partial charge in [-0.05, 0) is 94.0 Å². The Labute approximate surface area is 527 Å². The number of carboxylic acid groups (broad SMARTS) is 3. The molecule has 10 amide bonds. The second-order valence-electron chi connectivity index (χ2n) is 22.6. The van der Waals surface area contributed by atoms with Gasteiger partial charge in [0.1, 0.15) is 66.2 Å². The number of carboxylic acids is 3. The molecule has 0 unspecified atom stereocenters. The number of aliphatic carboxylic acids is 3. The summed E-state index contributed by atoms with van der Waals surface area (Å²) in [7, 11) is 1.69. The van der Waals surface area contributed by atoms with Crippen molar-refractivity contribution in [2.45, 2.75) is 170 Å². The van der Waals surface area contributed by atoms with Crippen LogP contribution in [0.5, 0.6) is 5.75 Å². The average Bonchev–Trinajstić information content (AvgIpc) is 3.73. The second-order valence-corrected chi connectivity index (χ2v) is 25.1. The average molecular weight is 1300 g/mol. The highest BCUT2D eigenvalue weighted by Crippen LogP contribution is 2.26. The van der Waals surface area contributed by atoms with Gasteiger partial charge in [-0.2, -0.15) is 0 Å². The Morgan fingerprint density at radius 3 is 1.93 bits per heavy atom. The van der Waals surface area contributed by atoms with E-state index in [1.165, 1.54) is 49.9 Å². The summed E-state index contributed by atoms with van der Waals surface area (Å²) in [5.74, 6) is -15.3. The molecule has 0 saturated carbocycles. The number of fused-ring (bicyclic) bond motifs is 1. The highest BCUT2D eigenvalue weighted by atomic mass is 33.1. The molecule has 32 heteroatoms. The van der Waals surface area contributed by atoms with E-state index >= 15 is 0 Å². The highest BCUT2D eigenvalue weighted by molar-refractivity contribution is 8.76. The van der Waals surface area contributed by atoms with Crippen LogP contribution in [0.4, 0.5) is 0 Å². The van der Waals surface area contributed by atoms with E-state index < -0.39 is 174 Å². The number of nitrogens with one attached hydrogen (secondary N) is 8. The largest absolute Gasteiger partial charge is 0.508 e. The molecule has 3 aliphatic heterocycles. The van der Waals surface area contributed by atoms with Crippen molar-refractivity contribution in [3.63, 3.8) is 0 Å². The number of phenolic OH excluding ortho intramolecular Hbond substituents is 1. The van der Waals surface area contributed by atoms with Crippen molar-refractivity contribution in [1.82, 2.24) is 52.3 Å². The van der Waals surface area contributed by atoms with Gasteiger partial charge in [-0.15, -0.1) is 0 Å². The number of nitrogens with zero attached hydrogens (tertiary/aromatic N) is 2. The van der Waals surface area contributed by atoms with Gasteiger partial charge in [0.25, 0.3) is 0 Å². The summed E-state index contributed by atoms with van der Waals surface area (Å²) in [6, 6.07) is -2.56. The molecular weight excluding hydrogens is 1220 g/mol. The molecule has 90 heavy (non-hydrogen) atoms. The van der Waals surface area contributed by atoms with Crippen molar-refractivity contribution >= 4 is 98.6 Å². The second kappa shape index (κ2) is 35.4. The number of unbranched alkanes of at least 4 members (excludes halogenated alkanes) is 1. The third kappa shape index (κ3) is 21.9. The molecule has 3 saturated heterocycles. The number of carbonyl (C=O) groups is 13. The molecule has 3 aliphatic rings. The van der Waals surface area contributed by atoms with Gasteiger partial charge >= 0.3 is 17.9 Å². The van der Waals surface area contributed by atoms with Crippen LogP contribution in [-0.4, -0.2) is 216 Å². The Hall–Kier alpha value is -8.07. The first kappa shape index (κ1) is 72.7. The highest BCUT2D eigenvalue weighted by Gasteiger charge is 2.44. The van der Waals surface area contributed by atoms with E-state index in [0.29, 0.717) is 30.4 Å². The summed E-state index contributed by atoms with van der Waals surface area (Å²) >= 11 is 0. The van der Waals surface area contributed by atoms with Gasteiger partial charge in [-0.25, -0.2) is 4.79 Å². The number of benzene rings is 2. The molecule has 2 aromatic carbocycles. The first-order chi connectivity index (χ1) is 42.7. The van der Waals surface area contributed by atoms with Crippen molar-refractivity contribution < 1.29 is 87.9 Å². The van der Waals surface area contributed by atoms with Gasteiger partial charge in [0.2, 0.25) is 59.1 Å². The van der Waals surface area contributed by atoms with Crippen molar-refractivity contribution in [2.75, 3.05) is 31.1 Å². The maximum absolute atomic E-state index is 15.0. The molecule has 494 valence electrons. The third-order valence-corrected chi connectivity index (χ3v) is 17.7. The maximum atomic E-state index is 15.0. The number of amides is 10. The number of phenols is 1. The molecule has 0 spiro atoms. The molecule has 3 fully saturated rings. The summed E-state index contributed by atoms with van der Waals surface area (Å²) < 4.78 is 0.